The van der Waals surface area contributed by atoms with Crippen LogP contribution in [0.3, 0.4) is 0 Å². The van der Waals surface area contributed by atoms with Crippen LogP contribution in [-0.4, -0.2) is 46.5 Å². The second kappa shape index (κ2) is 9.13. The van der Waals surface area contributed by atoms with Crippen molar-refractivity contribution in [2.45, 2.75) is 43.5 Å². The molecule has 3 aromatic rings. The van der Waals surface area contributed by atoms with Gasteiger partial charge in [0.1, 0.15) is 11.4 Å². The van der Waals surface area contributed by atoms with Crippen molar-refractivity contribution in [2.75, 3.05) is 11.9 Å². The van der Waals surface area contributed by atoms with Crippen molar-refractivity contribution in [3.63, 3.8) is 0 Å². The Labute approximate surface area is 187 Å². The van der Waals surface area contributed by atoms with Gasteiger partial charge in [0.05, 0.1) is 10.6 Å². The first-order valence-corrected chi connectivity index (χ1v) is 12.1. The summed E-state index contributed by atoms with van der Waals surface area (Å²) in [5, 5.41) is 19.5. The topological polar surface area (TPSA) is 115 Å². The molecule has 2 heterocycles. The lowest BCUT2D eigenvalue weighted by Gasteiger charge is -2.34. The minimum absolute atomic E-state index is 0.0340. The molecule has 1 aliphatic rings. The van der Waals surface area contributed by atoms with E-state index in [1.165, 1.54) is 12.1 Å². The summed E-state index contributed by atoms with van der Waals surface area (Å²) in [6.07, 6.45) is 3.60. The van der Waals surface area contributed by atoms with Crippen molar-refractivity contribution in [3.8, 4) is 17.0 Å². The van der Waals surface area contributed by atoms with Gasteiger partial charge in [-0.25, -0.2) is 8.42 Å². The van der Waals surface area contributed by atoms with Crippen LogP contribution in [0.15, 0.2) is 59.5 Å². The van der Waals surface area contributed by atoms with E-state index in [4.69, 9.17) is 0 Å². The molecule has 0 saturated carbocycles. The number of carbonyl (C=O) groups is 1. The van der Waals surface area contributed by atoms with E-state index >= 15 is 0 Å². The summed E-state index contributed by atoms with van der Waals surface area (Å²) in [5.41, 5.74) is 1.65. The Morgan fingerprint density at radius 1 is 1.19 bits per heavy atom. The highest BCUT2D eigenvalue weighted by molar-refractivity contribution is 7.89. The van der Waals surface area contributed by atoms with Crippen LogP contribution in [0.2, 0.25) is 0 Å². The molecule has 1 fully saturated rings. The first-order valence-electron chi connectivity index (χ1n) is 10.7. The standard InChI is InChI=1S/C23H26N4O4S/c1-2-17-7-5-6-14-27(17)32(30,31)18-12-10-16(11-13-18)24-23(29)21-15-20(25-26-21)19-8-3-4-9-22(19)28/h3-4,8-13,15,17,28H,2,5-7,14H2,1H3,(H,24,29)(H,25,26). The van der Waals surface area contributed by atoms with Gasteiger partial charge in [-0.15, -0.1) is 0 Å². The van der Waals surface area contributed by atoms with Crippen molar-refractivity contribution in [1.82, 2.24) is 14.5 Å². The SMILES string of the molecule is CCC1CCCCN1S(=O)(=O)c1ccc(NC(=O)c2cc(-c3ccccc3O)n[nH]2)cc1. The second-order valence-corrected chi connectivity index (χ2v) is 9.73. The fraction of sp³-hybridized carbons (Fsp3) is 0.304. The van der Waals surface area contributed by atoms with Crippen LogP contribution < -0.4 is 5.32 Å². The third kappa shape index (κ3) is 4.39. The lowest BCUT2D eigenvalue weighted by Crippen LogP contribution is -2.43. The predicted molar refractivity (Wildman–Crippen MR) is 122 cm³/mol. The third-order valence-corrected chi connectivity index (χ3v) is 7.73. The average Bonchev–Trinajstić information content (AvgIpc) is 3.30. The van der Waals surface area contributed by atoms with Gasteiger partial charge in [-0.2, -0.15) is 9.40 Å². The van der Waals surface area contributed by atoms with E-state index in [0.717, 1.165) is 25.7 Å². The van der Waals surface area contributed by atoms with Crippen molar-refractivity contribution in [2.24, 2.45) is 0 Å². The first-order chi connectivity index (χ1) is 15.4. The summed E-state index contributed by atoms with van der Waals surface area (Å²) in [6, 6.07) is 14.5. The summed E-state index contributed by atoms with van der Waals surface area (Å²) in [5.74, 6) is -0.348. The number of para-hydroxylation sites is 1. The fourth-order valence-corrected chi connectivity index (χ4v) is 5.78. The molecule has 0 spiro atoms. The number of aromatic amines is 1. The highest BCUT2D eigenvalue weighted by Gasteiger charge is 2.32. The molecular formula is C23H26N4O4S. The maximum absolute atomic E-state index is 13.1. The molecule has 1 amide bonds. The fourth-order valence-electron chi connectivity index (χ4n) is 4.01. The van der Waals surface area contributed by atoms with E-state index in [1.807, 2.05) is 6.92 Å². The molecule has 9 heteroatoms. The summed E-state index contributed by atoms with van der Waals surface area (Å²) in [6.45, 7) is 2.55. The quantitative estimate of drug-likeness (QED) is 0.521. The molecule has 3 N–H and O–H groups in total. The number of H-pyrrole nitrogens is 1. The molecule has 32 heavy (non-hydrogen) atoms. The number of nitrogens with one attached hydrogen (secondary N) is 2. The largest absolute Gasteiger partial charge is 0.507 e. The number of anilines is 1. The Morgan fingerprint density at radius 2 is 1.94 bits per heavy atom. The summed E-state index contributed by atoms with van der Waals surface area (Å²) in [7, 11) is -3.57. The van der Waals surface area contributed by atoms with Crippen LogP contribution in [0.1, 0.15) is 43.1 Å². The molecule has 1 unspecified atom stereocenters. The van der Waals surface area contributed by atoms with Crippen molar-refractivity contribution in [1.29, 1.82) is 0 Å². The lowest BCUT2D eigenvalue weighted by atomic mass is 10.0. The molecule has 1 atom stereocenters. The van der Waals surface area contributed by atoms with Gasteiger partial charge in [0.15, 0.2) is 0 Å². The Bertz CT molecular complexity index is 1200. The van der Waals surface area contributed by atoms with Crippen LogP contribution in [0.25, 0.3) is 11.3 Å². The van der Waals surface area contributed by atoms with Crippen LogP contribution in [0.4, 0.5) is 5.69 Å². The maximum atomic E-state index is 13.1. The highest BCUT2D eigenvalue weighted by Crippen LogP contribution is 2.29. The Balaban J connectivity index is 1.47. The average molecular weight is 455 g/mol. The van der Waals surface area contributed by atoms with Gasteiger partial charge < -0.3 is 10.4 Å². The zero-order valence-electron chi connectivity index (χ0n) is 17.8. The number of nitrogens with zero attached hydrogens (tertiary/aromatic N) is 2. The number of phenolic OH excluding ortho intramolecular Hbond substituents is 1. The third-order valence-electron chi connectivity index (χ3n) is 5.77. The van der Waals surface area contributed by atoms with E-state index in [1.54, 1.807) is 46.8 Å². The van der Waals surface area contributed by atoms with Gasteiger partial charge in [0.2, 0.25) is 10.0 Å². The van der Waals surface area contributed by atoms with E-state index in [9.17, 15) is 18.3 Å². The predicted octanol–water partition coefficient (Wildman–Crippen LogP) is 3.99. The van der Waals surface area contributed by atoms with Gasteiger partial charge in [-0.1, -0.05) is 25.5 Å². The first kappa shape index (κ1) is 22.0. The Kier molecular flexibility index (Phi) is 6.29. The number of benzene rings is 2. The van der Waals surface area contributed by atoms with Crippen molar-refractivity contribution >= 4 is 21.6 Å². The number of hydrogen-bond donors (Lipinski definition) is 3. The molecule has 168 valence electrons. The number of amides is 1. The number of phenols is 1. The number of hydrogen-bond acceptors (Lipinski definition) is 5. The molecule has 0 radical (unpaired) electrons. The van der Waals surface area contributed by atoms with Crippen LogP contribution >= 0.6 is 0 Å². The van der Waals surface area contributed by atoms with Gasteiger partial charge in [0.25, 0.3) is 5.91 Å². The van der Waals surface area contributed by atoms with E-state index in [0.29, 0.717) is 23.5 Å². The zero-order chi connectivity index (χ0) is 22.7. The molecular weight excluding hydrogens is 428 g/mol. The molecule has 8 nitrogen and oxygen atoms in total. The normalized spacial score (nSPS) is 17.2. The van der Waals surface area contributed by atoms with Gasteiger partial charge in [-0.3, -0.25) is 9.89 Å². The Morgan fingerprint density at radius 3 is 2.66 bits per heavy atom. The number of aromatic nitrogens is 2. The zero-order valence-corrected chi connectivity index (χ0v) is 18.6. The summed E-state index contributed by atoms with van der Waals surface area (Å²) < 4.78 is 27.8. The van der Waals surface area contributed by atoms with Crippen LogP contribution in [-0.2, 0) is 10.0 Å². The molecule has 1 aromatic heterocycles. The summed E-state index contributed by atoms with van der Waals surface area (Å²) >= 11 is 0. The van der Waals surface area contributed by atoms with Gasteiger partial charge in [0, 0.05) is 23.8 Å². The van der Waals surface area contributed by atoms with E-state index < -0.39 is 15.9 Å². The smallest absolute Gasteiger partial charge is 0.273 e. The van der Waals surface area contributed by atoms with Crippen molar-refractivity contribution < 1.29 is 18.3 Å². The van der Waals surface area contributed by atoms with Gasteiger partial charge in [-0.05, 0) is 61.7 Å². The minimum atomic E-state index is -3.57. The number of rotatable bonds is 6. The van der Waals surface area contributed by atoms with E-state index in [-0.39, 0.29) is 22.4 Å². The minimum Gasteiger partial charge on any atom is -0.507 e. The van der Waals surface area contributed by atoms with Crippen LogP contribution in [0.5, 0.6) is 5.75 Å². The molecule has 0 bridgehead atoms. The van der Waals surface area contributed by atoms with Crippen molar-refractivity contribution in [3.05, 3.63) is 60.3 Å². The monoisotopic (exact) mass is 454 g/mol. The lowest BCUT2D eigenvalue weighted by molar-refractivity contribution is 0.102. The molecule has 1 aliphatic heterocycles. The van der Waals surface area contributed by atoms with Gasteiger partial charge >= 0.3 is 0 Å². The molecule has 1 saturated heterocycles. The number of aromatic hydroxyl groups is 1. The highest BCUT2D eigenvalue weighted by atomic mass is 32.2. The number of piperidine rings is 1. The van der Waals surface area contributed by atoms with E-state index in [2.05, 4.69) is 15.5 Å². The second-order valence-electron chi connectivity index (χ2n) is 7.84. The number of carbonyl (C=O) groups excluding carboxylic acids is 1. The molecule has 2 aromatic carbocycles. The van der Waals surface area contributed by atoms with Crippen LogP contribution in [0, 0.1) is 0 Å². The summed E-state index contributed by atoms with van der Waals surface area (Å²) in [4.78, 5) is 12.8. The maximum Gasteiger partial charge on any atom is 0.273 e. The molecule has 4 rings (SSSR count). The Hall–Kier alpha value is -3.17. The molecule has 0 aliphatic carbocycles. The number of sulfonamides is 1.